The number of anilines is 1. The fourth-order valence-corrected chi connectivity index (χ4v) is 4.24. The molecule has 136 valence electrons. The molecule has 0 fully saturated rings. The molecule has 0 atom stereocenters. The summed E-state index contributed by atoms with van der Waals surface area (Å²) in [5.41, 5.74) is 8.52. The molecule has 3 heterocycles. The fourth-order valence-electron chi connectivity index (χ4n) is 4.24. The minimum absolute atomic E-state index is 0.103. The van der Waals surface area contributed by atoms with Crippen molar-refractivity contribution in [2.45, 2.75) is 34.6 Å². The summed E-state index contributed by atoms with van der Waals surface area (Å²) in [6.45, 7) is 9.42. The van der Waals surface area contributed by atoms with Crippen LogP contribution in [-0.2, 0) is 4.79 Å². The number of aryl methyl sites for hydroxylation is 2. The Hall–Kier alpha value is -2.89. The van der Waals surface area contributed by atoms with Crippen molar-refractivity contribution < 1.29 is 13.6 Å². The van der Waals surface area contributed by atoms with Crippen LogP contribution in [-0.4, -0.2) is 27.8 Å². The third-order valence-electron chi connectivity index (χ3n) is 5.23. The maximum absolute atomic E-state index is 15.5. The Morgan fingerprint density at radius 1 is 1.15 bits per heavy atom. The van der Waals surface area contributed by atoms with E-state index in [0.29, 0.717) is 0 Å². The number of amides is 1. The highest BCUT2D eigenvalue weighted by molar-refractivity contribution is 6.43. The topological polar surface area (TPSA) is 37.0 Å². The molecule has 0 aliphatic carbocycles. The lowest BCUT2D eigenvalue weighted by Gasteiger charge is -2.22. The minimum atomic E-state index is -1.25. The fraction of sp³-hybridized carbons (Fsp3) is 0.238. The molecule has 0 saturated carbocycles. The van der Waals surface area contributed by atoms with Gasteiger partial charge in [-0.05, 0) is 50.1 Å². The quantitative estimate of drug-likeness (QED) is 0.804. The summed E-state index contributed by atoms with van der Waals surface area (Å²) >= 11 is 0. The molecule has 0 bridgehead atoms. The summed E-state index contributed by atoms with van der Waals surface area (Å²) in [4.78, 5) is 11.3. The number of nitrogens with zero attached hydrogens (tertiary/aromatic N) is 2. The van der Waals surface area contributed by atoms with Gasteiger partial charge in [0.1, 0.15) is 0 Å². The number of rotatable bonds is 2. The van der Waals surface area contributed by atoms with Gasteiger partial charge in [-0.1, -0.05) is 12.1 Å². The molecule has 0 radical (unpaired) electrons. The van der Waals surface area contributed by atoms with Gasteiger partial charge in [-0.3, -0.25) is 9.27 Å². The monoisotopic (exact) mass is 362 g/mol. The average Bonchev–Trinajstić information content (AvgIpc) is 3.05. The highest BCUT2D eigenvalue weighted by Crippen LogP contribution is 2.40. The standard InChI is InChI=1S/C21H21BFN3O/c1-12-10-14(3)25-20(12)19(17-6-8-18(9-7-17)24-16(5)27)21-13(2)11-15(4)26(21)22(25)23/h6-11H,1-5H3/p+1. The van der Waals surface area contributed by atoms with E-state index >= 15 is 4.32 Å². The van der Waals surface area contributed by atoms with Crippen molar-refractivity contribution in [2.24, 2.45) is 0 Å². The summed E-state index contributed by atoms with van der Waals surface area (Å²) in [6, 6.07) is 9.77. The number of hydrogen-bond acceptors (Lipinski definition) is 1. The van der Waals surface area contributed by atoms with Gasteiger partial charge in [0, 0.05) is 36.9 Å². The first kappa shape index (κ1) is 17.5. The highest BCUT2D eigenvalue weighted by atomic mass is 19.1. The maximum Gasteiger partial charge on any atom is 0.846 e. The molecule has 2 aliphatic rings. The molecule has 1 amide bonds. The molecule has 4 rings (SSSR count). The second kappa shape index (κ2) is 6.08. The normalized spacial score (nSPS) is 15.8. The highest BCUT2D eigenvalue weighted by Gasteiger charge is 2.51. The number of hydrogen-bond donors (Lipinski definition) is 1. The van der Waals surface area contributed by atoms with E-state index in [1.807, 2.05) is 64.1 Å². The van der Waals surface area contributed by atoms with Gasteiger partial charge in [0.15, 0.2) is 11.4 Å². The SMILES string of the molecule is CC(=O)Nc1ccc(C2=C3C(C)=CC(C)=[N+]3B(F)n3c(C)cc(C)c32)cc1. The van der Waals surface area contributed by atoms with Crippen LogP contribution in [0.4, 0.5) is 10.0 Å². The largest absolute Gasteiger partial charge is 0.846 e. The molecular formula is C21H22BFN3O+. The summed E-state index contributed by atoms with van der Waals surface area (Å²) in [5, 5.41) is 2.79. The van der Waals surface area contributed by atoms with Crippen molar-refractivity contribution in [1.29, 1.82) is 0 Å². The second-order valence-corrected chi connectivity index (χ2v) is 7.32. The lowest BCUT2D eigenvalue weighted by molar-refractivity contribution is -0.336. The van der Waals surface area contributed by atoms with Gasteiger partial charge in [0.05, 0.1) is 11.3 Å². The van der Waals surface area contributed by atoms with E-state index in [4.69, 9.17) is 0 Å². The van der Waals surface area contributed by atoms with Crippen LogP contribution in [0.15, 0.2) is 47.7 Å². The Morgan fingerprint density at radius 2 is 1.81 bits per heavy atom. The van der Waals surface area contributed by atoms with Crippen LogP contribution in [0.5, 0.6) is 0 Å². The lowest BCUT2D eigenvalue weighted by Crippen LogP contribution is -2.40. The van der Waals surface area contributed by atoms with Gasteiger partial charge in [0.25, 0.3) is 0 Å². The Kier molecular flexibility index (Phi) is 3.95. The van der Waals surface area contributed by atoms with E-state index in [1.165, 1.54) is 6.92 Å². The Balaban J connectivity index is 1.98. The van der Waals surface area contributed by atoms with Gasteiger partial charge in [-0.25, -0.2) is 8.80 Å². The van der Waals surface area contributed by atoms with Gasteiger partial charge in [0.2, 0.25) is 5.91 Å². The average molecular weight is 362 g/mol. The third-order valence-corrected chi connectivity index (χ3v) is 5.23. The molecule has 6 heteroatoms. The van der Waals surface area contributed by atoms with E-state index < -0.39 is 7.26 Å². The van der Waals surface area contributed by atoms with E-state index in [0.717, 1.165) is 50.8 Å². The van der Waals surface area contributed by atoms with E-state index in [-0.39, 0.29) is 5.91 Å². The van der Waals surface area contributed by atoms with Crippen LogP contribution in [0, 0.1) is 13.8 Å². The molecule has 1 N–H and O–H groups in total. The number of carbonyl (C=O) groups is 1. The first-order valence-corrected chi connectivity index (χ1v) is 9.06. The van der Waals surface area contributed by atoms with Crippen molar-refractivity contribution in [1.82, 2.24) is 4.48 Å². The van der Waals surface area contributed by atoms with Gasteiger partial charge in [-0.2, -0.15) is 0 Å². The number of nitrogens with one attached hydrogen (secondary N) is 1. The molecular weight excluding hydrogens is 340 g/mol. The Labute approximate surface area is 158 Å². The van der Waals surface area contributed by atoms with E-state index in [9.17, 15) is 4.79 Å². The molecule has 0 spiro atoms. The summed E-state index contributed by atoms with van der Waals surface area (Å²) < 4.78 is 19.0. The van der Waals surface area contributed by atoms with Crippen molar-refractivity contribution in [3.8, 4) is 0 Å². The maximum atomic E-state index is 15.5. The molecule has 0 saturated heterocycles. The first-order valence-electron chi connectivity index (χ1n) is 9.06. The zero-order valence-corrected chi connectivity index (χ0v) is 16.2. The van der Waals surface area contributed by atoms with Gasteiger partial charge < -0.3 is 5.32 Å². The lowest BCUT2D eigenvalue weighted by atomic mass is 9.87. The zero-order chi connectivity index (χ0) is 19.5. The number of benzene rings is 1. The number of carbonyl (C=O) groups excluding carboxylic acids is 1. The smallest absolute Gasteiger partial charge is 0.326 e. The molecule has 0 unspecified atom stereocenters. The van der Waals surface area contributed by atoms with Crippen LogP contribution in [0.3, 0.4) is 0 Å². The molecule has 2 aliphatic heterocycles. The van der Waals surface area contributed by atoms with Crippen LogP contribution in [0.2, 0.25) is 0 Å². The molecule has 27 heavy (non-hydrogen) atoms. The van der Waals surface area contributed by atoms with Crippen LogP contribution in [0.25, 0.3) is 5.57 Å². The predicted octanol–water partition coefficient (Wildman–Crippen LogP) is 4.07. The molecule has 4 nitrogen and oxygen atoms in total. The second-order valence-electron chi connectivity index (χ2n) is 7.32. The van der Waals surface area contributed by atoms with Crippen molar-refractivity contribution in [3.05, 3.63) is 70.2 Å². The predicted molar refractivity (Wildman–Crippen MR) is 108 cm³/mol. The van der Waals surface area contributed by atoms with Gasteiger partial charge >= 0.3 is 7.26 Å². The minimum Gasteiger partial charge on any atom is -0.326 e. The molecule has 2 aromatic rings. The summed E-state index contributed by atoms with van der Waals surface area (Å²) in [5.74, 6) is -0.103. The molecule has 1 aromatic carbocycles. The first-order chi connectivity index (χ1) is 12.8. The number of fused-ring (bicyclic) bond motifs is 2. The van der Waals surface area contributed by atoms with Gasteiger partial charge in [-0.15, -0.1) is 0 Å². The van der Waals surface area contributed by atoms with Crippen LogP contribution < -0.4 is 5.32 Å². The van der Waals surface area contributed by atoms with Crippen molar-refractivity contribution >= 4 is 30.1 Å². The number of halogens is 1. The van der Waals surface area contributed by atoms with Crippen LogP contribution in [0.1, 0.15) is 43.3 Å². The van der Waals surface area contributed by atoms with Crippen molar-refractivity contribution in [2.75, 3.05) is 5.32 Å². The molecule has 1 aromatic heterocycles. The third kappa shape index (κ3) is 2.59. The Morgan fingerprint density at radius 3 is 2.44 bits per heavy atom. The summed E-state index contributed by atoms with van der Waals surface area (Å²) in [6.07, 6.45) is 2.03. The Bertz CT molecular complexity index is 1070. The number of allylic oxidation sites excluding steroid dienone is 2. The number of aromatic nitrogens is 1. The van der Waals surface area contributed by atoms with E-state index in [1.54, 1.807) is 8.96 Å². The van der Waals surface area contributed by atoms with Crippen LogP contribution >= 0.6 is 0 Å². The van der Waals surface area contributed by atoms with Crippen molar-refractivity contribution in [3.63, 3.8) is 0 Å². The van der Waals surface area contributed by atoms with E-state index in [2.05, 4.69) is 5.32 Å². The zero-order valence-electron chi connectivity index (χ0n) is 16.2. The summed E-state index contributed by atoms with van der Waals surface area (Å²) in [7, 11) is -1.25.